The molecule has 0 fully saturated rings. The molecular weight excluding hydrogens is 354 g/mol. The number of nitro benzene ring substituents is 1. The first-order valence-electron chi connectivity index (χ1n) is 8.08. The smallest absolute Gasteiger partial charge is 0.340 e. The lowest BCUT2D eigenvalue weighted by Gasteiger charge is -2.12. The van der Waals surface area contributed by atoms with Gasteiger partial charge in [0.05, 0.1) is 17.1 Å². The molecule has 0 radical (unpaired) electrons. The van der Waals surface area contributed by atoms with E-state index >= 15 is 0 Å². The number of carbonyl (C=O) groups is 2. The number of aryl methyl sites for hydroxylation is 1. The van der Waals surface area contributed by atoms with Gasteiger partial charge in [-0.2, -0.15) is 0 Å². The number of benzene rings is 2. The van der Waals surface area contributed by atoms with Gasteiger partial charge in [-0.1, -0.05) is 24.3 Å². The van der Waals surface area contributed by atoms with Crippen molar-refractivity contribution >= 4 is 28.9 Å². The molecule has 0 aliphatic rings. The molecular formula is C18H19N3O6. The molecule has 9 nitrogen and oxygen atoms in total. The first kappa shape index (κ1) is 19.9. The number of anilines is 2. The Bertz CT molecular complexity index is 853. The minimum Gasteiger partial charge on any atom is -0.452 e. The Morgan fingerprint density at radius 1 is 1.19 bits per heavy atom. The zero-order valence-electron chi connectivity index (χ0n) is 14.6. The minimum absolute atomic E-state index is 0.0635. The summed E-state index contributed by atoms with van der Waals surface area (Å²) in [5, 5.41) is 25.2. The molecule has 0 spiro atoms. The number of nitrogens with one attached hydrogen (secondary N) is 2. The van der Waals surface area contributed by atoms with Gasteiger partial charge in [0.15, 0.2) is 6.61 Å². The second-order valence-corrected chi connectivity index (χ2v) is 5.55. The lowest BCUT2D eigenvalue weighted by Crippen LogP contribution is -2.22. The van der Waals surface area contributed by atoms with Crippen molar-refractivity contribution in [2.45, 2.75) is 6.92 Å². The van der Waals surface area contributed by atoms with Gasteiger partial charge in [-0.15, -0.1) is 0 Å². The van der Waals surface area contributed by atoms with E-state index in [4.69, 9.17) is 9.84 Å². The Morgan fingerprint density at radius 2 is 1.93 bits per heavy atom. The van der Waals surface area contributed by atoms with Crippen molar-refractivity contribution < 1.29 is 24.4 Å². The van der Waals surface area contributed by atoms with Gasteiger partial charge in [0.25, 0.3) is 11.6 Å². The van der Waals surface area contributed by atoms with Gasteiger partial charge in [0.1, 0.15) is 5.69 Å². The zero-order chi connectivity index (χ0) is 19.8. The van der Waals surface area contributed by atoms with Crippen LogP contribution in [0.25, 0.3) is 0 Å². The van der Waals surface area contributed by atoms with Crippen molar-refractivity contribution in [1.82, 2.24) is 0 Å². The number of aliphatic hydroxyl groups is 1. The summed E-state index contributed by atoms with van der Waals surface area (Å²) in [5.74, 6) is -1.42. The van der Waals surface area contributed by atoms with Gasteiger partial charge >= 0.3 is 5.97 Å². The summed E-state index contributed by atoms with van der Waals surface area (Å²) >= 11 is 0. The average molecular weight is 373 g/mol. The summed E-state index contributed by atoms with van der Waals surface area (Å²) in [5.41, 5.74) is 1.01. The lowest BCUT2D eigenvalue weighted by atomic mass is 10.1. The third-order valence-electron chi connectivity index (χ3n) is 3.62. The normalized spacial score (nSPS) is 10.1. The van der Waals surface area contributed by atoms with E-state index in [2.05, 4.69) is 10.6 Å². The summed E-state index contributed by atoms with van der Waals surface area (Å²) in [6.45, 7) is 1.17. The Kier molecular flexibility index (Phi) is 6.84. The van der Waals surface area contributed by atoms with Gasteiger partial charge in [0.2, 0.25) is 0 Å². The number of para-hydroxylation sites is 2. The van der Waals surface area contributed by atoms with Gasteiger partial charge in [-0.05, 0) is 24.6 Å². The van der Waals surface area contributed by atoms with Crippen LogP contribution in [-0.4, -0.2) is 41.7 Å². The predicted molar refractivity (Wildman–Crippen MR) is 98.8 cm³/mol. The van der Waals surface area contributed by atoms with Crippen LogP contribution in [0.5, 0.6) is 0 Å². The Labute approximate surface area is 155 Å². The summed E-state index contributed by atoms with van der Waals surface area (Å²) in [6.07, 6.45) is 0. The van der Waals surface area contributed by atoms with E-state index in [1.807, 2.05) is 0 Å². The molecule has 3 N–H and O–H groups in total. The minimum atomic E-state index is -0.731. The third-order valence-corrected chi connectivity index (χ3v) is 3.62. The fraction of sp³-hybridized carbons (Fsp3) is 0.222. The number of nitro groups is 1. The molecule has 1 amide bonds. The summed E-state index contributed by atoms with van der Waals surface area (Å²) in [4.78, 5) is 34.8. The molecule has 27 heavy (non-hydrogen) atoms. The first-order valence-corrected chi connectivity index (χ1v) is 8.08. The molecule has 0 unspecified atom stereocenters. The molecule has 142 valence electrons. The number of aliphatic hydroxyl groups excluding tert-OH is 1. The highest BCUT2D eigenvalue weighted by atomic mass is 16.6. The van der Waals surface area contributed by atoms with Crippen LogP contribution in [0.15, 0.2) is 42.5 Å². The van der Waals surface area contributed by atoms with Gasteiger partial charge < -0.3 is 20.5 Å². The van der Waals surface area contributed by atoms with Crippen LogP contribution in [0.2, 0.25) is 0 Å². The Morgan fingerprint density at radius 3 is 2.63 bits per heavy atom. The monoisotopic (exact) mass is 373 g/mol. The molecule has 0 saturated heterocycles. The maximum absolute atomic E-state index is 12.2. The van der Waals surface area contributed by atoms with Crippen LogP contribution in [-0.2, 0) is 9.53 Å². The molecule has 0 aromatic heterocycles. The van der Waals surface area contributed by atoms with Crippen molar-refractivity contribution in [3.8, 4) is 0 Å². The predicted octanol–water partition coefficient (Wildman–Crippen LogP) is 2.10. The number of rotatable bonds is 8. The molecule has 0 heterocycles. The van der Waals surface area contributed by atoms with E-state index < -0.39 is 23.4 Å². The van der Waals surface area contributed by atoms with Crippen molar-refractivity contribution in [3.63, 3.8) is 0 Å². The highest BCUT2D eigenvalue weighted by Gasteiger charge is 2.19. The summed E-state index contributed by atoms with van der Waals surface area (Å²) in [6, 6.07) is 10.9. The summed E-state index contributed by atoms with van der Waals surface area (Å²) in [7, 11) is 0. The van der Waals surface area contributed by atoms with Gasteiger partial charge in [-0.25, -0.2) is 4.79 Å². The molecule has 0 bridgehead atoms. The number of ether oxygens (including phenoxy) is 1. The Balaban J connectivity index is 2.03. The van der Waals surface area contributed by atoms with Crippen molar-refractivity contribution in [2.24, 2.45) is 0 Å². The van der Waals surface area contributed by atoms with E-state index in [-0.39, 0.29) is 30.1 Å². The second-order valence-electron chi connectivity index (χ2n) is 5.55. The van der Waals surface area contributed by atoms with Crippen LogP contribution in [0.3, 0.4) is 0 Å². The van der Waals surface area contributed by atoms with Crippen molar-refractivity contribution in [3.05, 3.63) is 63.7 Å². The molecule has 2 aromatic carbocycles. The van der Waals surface area contributed by atoms with Crippen molar-refractivity contribution in [2.75, 3.05) is 30.4 Å². The number of nitrogens with zero attached hydrogens (tertiary/aromatic N) is 1. The number of amides is 1. The molecule has 0 aliphatic carbocycles. The average Bonchev–Trinajstić information content (AvgIpc) is 2.66. The maximum atomic E-state index is 12.2. The van der Waals surface area contributed by atoms with Crippen LogP contribution in [0, 0.1) is 17.0 Å². The number of hydrogen-bond acceptors (Lipinski definition) is 7. The van der Waals surface area contributed by atoms with Crippen LogP contribution >= 0.6 is 0 Å². The van der Waals surface area contributed by atoms with E-state index in [1.165, 1.54) is 18.2 Å². The van der Waals surface area contributed by atoms with E-state index in [0.717, 1.165) is 0 Å². The quantitative estimate of drug-likeness (QED) is 0.367. The van der Waals surface area contributed by atoms with E-state index in [9.17, 15) is 19.7 Å². The topological polar surface area (TPSA) is 131 Å². The van der Waals surface area contributed by atoms with Crippen LogP contribution < -0.4 is 10.6 Å². The second kappa shape index (κ2) is 9.30. The van der Waals surface area contributed by atoms with Gasteiger partial charge in [-0.3, -0.25) is 14.9 Å². The number of esters is 1. The molecule has 0 atom stereocenters. The fourth-order valence-electron chi connectivity index (χ4n) is 2.36. The molecule has 2 aromatic rings. The first-order chi connectivity index (χ1) is 12.9. The van der Waals surface area contributed by atoms with E-state index in [1.54, 1.807) is 31.2 Å². The maximum Gasteiger partial charge on any atom is 0.340 e. The molecule has 0 saturated carbocycles. The molecule has 2 rings (SSSR count). The van der Waals surface area contributed by atoms with Crippen LogP contribution in [0.1, 0.15) is 15.9 Å². The largest absolute Gasteiger partial charge is 0.452 e. The van der Waals surface area contributed by atoms with Crippen molar-refractivity contribution in [1.29, 1.82) is 0 Å². The van der Waals surface area contributed by atoms with E-state index in [0.29, 0.717) is 11.3 Å². The Hall–Kier alpha value is -3.46. The number of hydrogen-bond donors (Lipinski definition) is 3. The molecule has 9 heteroatoms. The molecule has 0 aliphatic heterocycles. The SMILES string of the molecule is Cc1cccc([N+](=O)[O-])c1NC(=O)COC(=O)c1ccccc1NCCO. The third kappa shape index (κ3) is 5.25. The standard InChI is InChI=1S/C18H19N3O6/c1-12-5-4-8-15(21(25)26)17(12)20-16(23)11-27-18(24)13-6-2-3-7-14(13)19-9-10-22/h2-8,19,22H,9-11H2,1H3,(H,20,23). The number of carbonyl (C=O) groups excluding carboxylic acids is 2. The van der Waals surface area contributed by atoms with Crippen LogP contribution in [0.4, 0.5) is 17.1 Å². The lowest BCUT2D eigenvalue weighted by molar-refractivity contribution is -0.384. The summed E-state index contributed by atoms with van der Waals surface area (Å²) < 4.78 is 5.00. The van der Waals surface area contributed by atoms with Gasteiger partial charge in [0, 0.05) is 18.3 Å². The fourth-order valence-corrected chi connectivity index (χ4v) is 2.36. The highest BCUT2D eigenvalue weighted by molar-refractivity contribution is 5.99. The highest BCUT2D eigenvalue weighted by Crippen LogP contribution is 2.27. The zero-order valence-corrected chi connectivity index (χ0v) is 14.6.